The van der Waals surface area contributed by atoms with Crippen LogP contribution in [0.2, 0.25) is 0 Å². The van der Waals surface area contributed by atoms with E-state index >= 15 is 0 Å². The highest BCUT2D eigenvalue weighted by molar-refractivity contribution is 9.10. The fourth-order valence-corrected chi connectivity index (χ4v) is 3.24. The normalized spacial score (nSPS) is 10.3. The standard InChI is InChI=1S/C20H25BrN2O3/c1-4-23(16-9-6-5-7-10-16)12-8-11-22-20(24)15-13-17(25-2)19(21)18(14-15)26-3/h5-7,9-10,13-14H,4,8,11-12H2,1-3H3,(H,22,24). The predicted molar refractivity (Wildman–Crippen MR) is 109 cm³/mol. The van der Waals surface area contributed by atoms with Crippen LogP contribution >= 0.6 is 15.9 Å². The van der Waals surface area contributed by atoms with Crippen LogP contribution in [0.1, 0.15) is 23.7 Å². The van der Waals surface area contributed by atoms with Crippen LogP contribution in [0.3, 0.4) is 0 Å². The monoisotopic (exact) mass is 420 g/mol. The molecule has 140 valence electrons. The van der Waals surface area contributed by atoms with E-state index in [4.69, 9.17) is 9.47 Å². The highest BCUT2D eigenvalue weighted by Crippen LogP contribution is 2.35. The van der Waals surface area contributed by atoms with E-state index in [0.29, 0.717) is 28.1 Å². The smallest absolute Gasteiger partial charge is 0.251 e. The Balaban J connectivity index is 1.91. The van der Waals surface area contributed by atoms with Gasteiger partial charge in [0.05, 0.1) is 14.2 Å². The lowest BCUT2D eigenvalue weighted by atomic mass is 10.2. The third kappa shape index (κ3) is 5.14. The minimum absolute atomic E-state index is 0.142. The quantitative estimate of drug-likeness (QED) is 0.620. The summed E-state index contributed by atoms with van der Waals surface area (Å²) in [5.41, 5.74) is 1.71. The highest BCUT2D eigenvalue weighted by atomic mass is 79.9. The maximum absolute atomic E-state index is 12.4. The first-order valence-electron chi connectivity index (χ1n) is 8.60. The summed E-state index contributed by atoms with van der Waals surface area (Å²) in [5, 5.41) is 2.96. The molecule has 26 heavy (non-hydrogen) atoms. The van der Waals surface area contributed by atoms with Crippen molar-refractivity contribution in [1.29, 1.82) is 0 Å². The summed E-state index contributed by atoms with van der Waals surface area (Å²) in [4.78, 5) is 14.7. The molecule has 0 aliphatic carbocycles. The summed E-state index contributed by atoms with van der Waals surface area (Å²) in [6, 6.07) is 13.7. The molecule has 0 aromatic heterocycles. The first-order valence-corrected chi connectivity index (χ1v) is 9.39. The van der Waals surface area contributed by atoms with Crippen LogP contribution in [0.25, 0.3) is 0 Å². The number of nitrogens with one attached hydrogen (secondary N) is 1. The summed E-state index contributed by atoms with van der Waals surface area (Å²) < 4.78 is 11.3. The molecule has 0 radical (unpaired) electrons. The summed E-state index contributed by atoms with van der Waals surface area (Å²) in [7, 11) is 3.12. The summed E-state index contributed by atoms with van der Waals surface area (Å²) in [6.45, 7) is 4.54. The lowest BCUT2D eigenvalue weighted by Crippen LogP contribution is -2.30. The Morgan fingerprint density at radius 2 is 1.73 bits per heavy atom. The van der Waals surface area contributed by atoms with Gasteiger partial charge in [0.1, 0.15) is 16.0 Å². The number of methoxy groups -OCH3 is 2. The molecule has 2 aromatic carbocycles. The minimum Gasteiger partial charge on any atom is -0.495 e. The molecule has 0 aliphatic heterocycles. The topological polar surface area (TPSA) is 50.8 Å². The van der Waals surface area contributed by atoms with Gasteiger partial charge in [0.25, 0.3) is 5.91 Å². The average Bonchev–Trinajstić information content (AvgIpc) is 2.68. The second kappa shape index (κ2) is 10.1. The maximum Gasteiger partial charge on any atom is 0.251 e. The maximum atomic E-state index is 12.4. The molecule has 0 aliphatic rings. The van der Waals surface area contributed by atoms with Crippen molar-refractivity contribution in [1.82, 2.24) is 5.32 Å². The molecule has 1 N–H and O–H groups in total. The number of ether oxygens (including phenoxy) is 2. The van der Waals surface area contributed by atoms with Gasteiger partial charge in [-0.15, -0.1) is 0 Å². The van der Waals surface area contributed by atoms with Crippen LogP contribution in [-0.4, -0.2) is 39.8 Å². The van der Waals surface area contributed by atoms with Gasteiger partial charge in [-0.3, -0.25) is 4.79 Å². The first-order chi connectivity index (χ1) is 12.6. The van der Waals surface area contributed by atoms with Crippen LogP contribution < -0.4 is 19.7 Å². The van der Waals surface area contributed by atoms with Crippen molar-refractivity contribution in [3.05, 3.63) is 52.5 Å². The predicted octanol–water partition coefficient (Wildman–Crippen LogP) is 4.11. The van der Waals surface area contributed by atoms with Gasteiger partial charge in [-0.05, 0) is 53.5 Å². The Morgan fingerprint density at radius 1 is 1.12 bits per heavy atom. The van der Waals surface area contributed by atoms with E-state index in [-0.39, 0.29) is 5.91 Å². The molecule has 0 spiro atoms. The Kier molecular flexibility index (Phi) is 7.78. The molecule has 0 unspecified atom stereocenters. The molecule has 2 rings (SSSR count). The number of amides is 1. The van der Waals surface area contributed by atoms with Crippen molar-refractivity contribution in [2.75, 3.05) is 38.8 Å². The molecule has 1 amide bonds. The summed E-state index contributed by atoms with van der Waals surface area (Å²) >= 11 is 3.41. The number of nitrogens with zero attached hydrogens (tertiary/aromatic N) is 1. The number of para-hydroxylation sites is 1. The lowest BCUT2D eigenvalue weighted by molar-refractivity contribution is 0.0952. The van der Waals surface area contributed by atoms with Gasteiger partial charge in [-0.2, -0.15) is 0 Å². The van der Waals surface area contributed by atoms with Crippen molar-refractivity contribution >= 4 is 27.5 Å². The Labute approximate surface area is 163 Å². The zero-order valence-electron chi connectivity index (χ0n) is 15.4. The molecule has 6 heteroatoms. The minimum atomic E-state index is -0.142. The number of carbonyl (C=O) groups excluding carboxylic acids is 1. The summed E-state index contributed by atoms with van der Waals surface area (Å²) in [6.07, 6.45) is 0.860. The highest BCUT2D eigenvalue weighted by Gasteiger charge is 2.14. The SMILES string of the molecule is CCN(CCCNC(=O)c1cc(OC)c(Br)c(OC)c1)c1ccccc1. The molecular weight excluding hydrogens is 396 g/mol. The molecule has 0 saturated heterocycles. The molecule has 0 bridgehead atoms. The van der Waals surface area contributed by atoms with E-state index in [9.17, 15) is 4.79 Å². The van der Waals surface area contributed by atoms with E-state index < -0.39 is 0 Å². The third-order valence-electron chi connectivity index (χ3n) is 4.10. The largest absolute Gasteiger partial charge is 0.495 e. The molecular formula is C20H25BrN2O3. The molecule has 0 atom stereocenters. The molecule has 0 fully saturated rings. The Hall–Kier alpha value is -2.21. The van der Waals surface area contributed by atoms with Gasteiger partial charge in [0, 0.05) is 30.9 Å². The van der Waals surface area contributed by atoms with E-state index in [1.807, 2.05) is 18.2 Å². The molecule has 5 nitrogen and oxygen atoms in total. The van der Waals surface area contributed by atoms with Crippen molar-refractivity contribution in [3.8, 4) is 11.5 Å². The molecule has 0 heterocycles. The van der Waals surface area contributed by atoms with Gasteiger partial charge >= 0.3 is 0 Å². The van der Waals surface area contributed by atoms with E-state index in [1.54, 1.807) is 26.4 Å². The third-order valence-corrected chi connectivity index (χ3v) is 4.88. The van der Waals surface area contributed by atoms with Crippen LogP contribution in [-0.2, 0) is 0 Å². The molecule has 2 aromatic rings. The van der Waals surface area contributed by atoms with Crippen LogP contribution in [0, 0.1) is 0 Å². The van der Waals surface area contributed by atoms with Gasteiger partial charge < -0.3 is 19.7 Å². The van der Waals surface area contributed by atoms with Gasteiger partial charge in [-0.25, -0.2) is 0 Å². The number of halogens is 1. The number of hydrogen-bond donors (Lipinski definition) is 1. The fourth-order valence-electron chi connectivity index (χ4n) is 2.68. The molecule has 0 saturated carbocycles. The zero-order chi connectivity index (χ0) is 18.9. The van der Waals surface area contributed by atoms with E-state index in [1.165, 1.54) is 5.69 Å². The van der Waals surface area contributed by atoms with E-state index in [2.05, 4.69) is 45.2 Å². The second-order valence-electron chi connectivity index (χ2n) is 5.72. The summed E-state index contributed by atoms with van der Waals surface area (Å²) in [5.74, 6) is 0.989. The second-order valence-corrected chi connectivity index (χ2v) is 6.51. The number of anilines is 1. The first kappa shape index (κ1) is 20.1. The lowest BCUT2D eigenvalue weighted by Gasteiger charge is -2.23. The van der Waals surface area contributed by atoms with Crippen molar-refractivity contribution < 1.29 is 14.3 Å². The number of rotatable bonds is 9. The van der Waals surface area contributed by atoms with Gasteiger partial charge in [0.15, 0.2) is 0 Å². The van der Waals surface area contributed by atoms with Crippen LogP contribution in [0.4, 0.5) is 5.69 Å². The Morgan fingerprint density at radius 3 is 2.27 bits per heavy atom. The van der Waals surface area contributed by atoms with Crippen molar-refractivity contribution in [2.24, 2.45) is 0 Å². The van der Waals surface area contributed by atoms with Crippen LogP contribution in [0.15, 0.2) is 46.9 Å². The van der Waals surface area contributed by atoms with Gasteiger partial charge in [-0.1, -0.05) is 18.2 Å². The number of benzene rings is 2. The van der Waals surface area contributed by atoms with Gasteiger partial charge in [0.2, 0.25) is 0 Å². The van der Waals surface area contributed by atoms with Crippen molar-refractivity contribution in [2.45, 2.75) is 13.3 Å². The van der Waals surface area contributed by atoms with E-state index in [0.717, 1.165) is 19.5 Å². The fraction of sp³-hybridized carbons (Fsp3) is 0.350. The number of hydrogen-bond acceptors (Lipinski definition) is 4. The number of carbonyl (C=O) groups is 1. The average molecular weight is 421 g/mol. The zero-order valence-corrected chi connectivity index (χ0v) is 17.0. The Bertz CT molecular complexity index is 697. The van der Waals surface area contributed by atoms with Crippen molar-refractivity contribution in [3.63, 3.8) is 0 Å². The van der Waals surface area contributed by atoms with Crippen LogP contribution in [0.5, 0.6) is 11.5 Å².